The number of aliphatic hydroxyl groups is 1. The van der Waals surface area contributed by atoms with Gasteiger partial charge in [-0.05, 0) is 31.0 Å². The number of amides is 1. The number of β-lactam (4-membered cyclic amide) rings is 1. The molecule has 1 aromatic carbocycles. The van der Waals surface area contributed by atoms with Crippen molar-refractivity contribution in [1.82, 2.24) is 14.5 Å². The molecule has 178 valence electrons. The summed E-state index contributed by atoms with van der Waals surface area (Å²) in [5.74, 6) is -0.475. The molecule has 4 heterocycles. The summed E-state index contributed by atoms with van der Waals surface area (Å²) in [5, 5.41) is 20.8. The Balaban J connectivity index is 1.33. The Kier molecular flexibility index (Phi) is 6.13. The van der Waals surface area contributed by atoms with Crippen molar-refractivity contribution in [1.29, 1.82) is 0 Å². The highest BCUT2D eigenvalue weighted by Gasteiger charge is 2.58. The maximum absolute atomic E-state index is 13.1. The number of nitro benzene ring substituents is 1. The molecule has 0 spiro atoms. The van der Waals surface area contributed by atoms with E-state index in [0.29, 0.717) is 5.56 Å². The average Bonchev–Trinajstić information content (AvgIpc) is 3.39. The topological polar surface area (TPSA) is 128 Å². The van der Waals surface area contributed by atoms with Crippen LogP contribution in [0.15, 0.2) is 46.6 Å². The molecule has 3 aliphatic rings. The number of hydrogen-bond donors (Lipinski definition) is 1. The van der Waals surface area contributed by atoms with E-state index in [1.165, 1.54) is 40.9 Å². The number of ether oxygens (including phenoxy) is 1. The smallest absolute Gasteiger partial charge is 0.357 e. The van der Waals surface area contributed by atoms with Crippen molar-refractivity contribution in [2.45, 2.75) is 49.6 Å². The van der Waals surface area contributed by atoms with Gasteiger partial charge in [0.25, 0.3) is 5.69 Å². The molecule has 0 radical (unpaired) electrons. The summed E-state index contributed by atoms with van der Waals surface area (Å²) in [7, 11) is 0. The van der Waals surface area contributed by atoms with Gasteiger partial charge in [-0.1, -0.05) is 11.8 Å². The second-order valence-electron chi connectivity index (χ2n) is 8.39. The average molecular weight is 503 g/mol. The minimum atomic E-state index is -0.815. The van der Waals surface area contributed by atoms with Crippen LogP contribution in [0.1, 0.15) is 24.7 Å². The molecular weight excluding hydrogens is 480 g/mol. The maximum Gasteiger partial charge on any atom is 0.357 e. The number of carbonyl (C=O) groups excluding carboxylic acids is 2. The van der Waals surface area contributed by atoms with Crippen LogP contribution < -0.4 is 0 Å². The SMILES string of the molecule is C[C@@H](O)[C@H]1C(=O)N2C(C(=O)OCc3ccc([N+](=O)[O-])cc3)=C(SC3CCn4ccnc4C3)S[C@H]12. The van der Waals surface area contributed by atoms with Crippen LogP contribution in [0.25, 0.3) is 0 Å². The molecule has 1 saturated heterocycles. The number of aryl methyl sites for hydroxylation is 1. The first-order valence-electron chi connectivity index (χ1n) is 10.8. The minimum Gasteiger partial charge on any atom is -0.456 e. The normalized spacial score (nSPS) is 24.4. The second kappa shape index (κ2) is 9.08. The number of aliphatic hydroxyl groups excluding tert-OH is 1. The third-order valence-electron chi connectivity index (χ3n) is 6.15. The molecule has 1 fully saturated rings. The number of hydrogen-bond acceptors (Lipinski definition) is 9. The molecule has 34 heavy (non-hydrogen) atoms. The highest BCUT2D eigenvalue weighted by Crippen LogP contribution is 2.55. The van der Waals surface area contributed by atoms with Gasteiger partial charge < -0.3 is 14.4 Å². The van der Waals surface area contributed by atoms with Crippen LogP contribution in [0.4, 0.5) is 5.69 Å². The van der Waals surface area contributed by atoms with Crippen LogP contribution in [-0.4, -0.2) is 53.1 Å². The molecule has 12 heteroatoms. The third-order valence-corrected chi connectivity index (χ3v) is 9.03. The summed E-state index contributed by atoms with van der Waals surface area (Å²) in [5.41, 5.74) is 0.777. The molecule has 0 aliphatic carbocycles. The predicted molar refractivity (Wildman–Crippen MR) is 125 cm³/mol. The monoisotopic (exact) mass is 502 g/mol. The number of thioether (sulfide) groups is 2. The lowest BCUT2D eigenvalue weighted by Gasteiger charge is -2.43. The summed E-state index contributed by atoms with van der Waals surface area (Å²) < 4.78 is 8.35. The van der Waals surface area contributed by atoms with E-state index in [9.17, 15) is 24.8 Å². The van der Waals surface area contributed by atoms with Gasteiger partial charge in [-0.2, -0.15) is 0 Å². The fraction of sp³-hybridized carbons (Fsp3) is 0.409. The Hall–Kier alpha value is -2.83. The number of nitro groups is 1. The summed E-state index contributed by atoms with van der Waals surface area (Å²) in [6.45, 7) is 2.35. The first-order valence-corrected chi connectivity index (χ1v) is 12.6. The summed E-state index contributed by atoms with van der Waals surface area (Å²) >= 11 is 2.99. The number of carbonyl (C=O) groups is 2. The van der Waals surface area contributed by atoms with E-state index in [1.54, 1.807) is 24.9 Å². The van der Waals surface area contributed by atoms with E-state index in [0.717, 1.165) is 29.4 Å². The van der Waals surface area contributed by atoms with E-state index in [2.05, 4.69) is 9.55 Å². The number of fused-ring (bicyclic) bond motifs is 2. The standard InChI is InChI=1S/C22H22N4O6S2/c1-12(27)17-19(28)25-18(21(29)32-11-13-2-4-14(5-3-13)26(30)31)22(34-20(17)25)33-15-6-8-24-9-7-23-16(24)10-15/h2-5,7,9,12,15,17,20,27H,6,8,10-11H2,1H3/t12-,15?,17+,20-/m1/s1. The van der Waals surface area contributed by atoms with Gasteiger partial charge in [0.1, 0.15) is 17.8 Å². The lowest BCUT2D eigenvalue weighted by molar-refractivity contribution is -0.384. The summed E-state index contributed by atoms with van der Waals surface area (Å²) in [6.07, 6.45) is 4.58. The first-order chi connectivity index (χ1) is 16.3. The maximum atomic E-state index is 13.1. The second-order valence-corrected chi connectivity index (χ2v) is 11.1. The van der Waals surface area contributed by atoms with Crippen LogP contribution in [0.5, 0.6) is 0 Å². The molecule has 4 atom stereocenters. The van der Waals surface area contributed by atoms with Crippen LogP contribution >= 0.6 is 23.5 Å². The third kappa shape index (κ3) is 4.10. The Labute approximate surface area is 203 Å². The number of imidazole rings is 1. The molecule has 2 aromatic rings. The van der Waals surface area contributed by atoms with Crippen molar-refractivity contribution in [3.05, 3.63) is 68.1 Å². The van der Waals surface area contributed by atoms with Crippen LogP contribution in [0.3, 0.4) is 0 Å². The van der Waals surface area contributed by atoms with Gasteiger partial charge >= 0.3 is 5.97 Å². The van der Waals surface area contributed by atoms with Gasteiger partial charge in [-0.15, -0.1) is 11.8 Å². The van der Waals surface area contributed by atoms with Crippen molar-refractivity contribution in [2.75, 3.05) is 0 Å². The van der Waals surface area contributed by atoms with Crippen LogP contribution in [0, 0.1) is 16.0 Å². The van der Waals surface area contributed by atoms with E-state index < -0.39 is 22.9 Å². The number of nitrogens with zero attached hydrogens (tertiary/aromatic N) is 4. The quantitative estimate of drug-likeness (QED) is 0.263. The fourth-order valence-electron chi connectivity index (χ4n) is 4.33. The van der Waals surface area contributed by atoms with E-state index in [4.69, 9.17) is 4.74 Å². The van der Waals surface area contributed by atoms with Crippen molar-refractivity contribution in [3.8, 4) is 0 Å². The van der Waals surface area contributed by atoms with Gasteiger partial charge in [0, 0.05) is 42.7 Å². The zero-order chi connectivity index (χ0) is 24.0. The number of esters is 1. The lowest BCUT2D eigenvalue weighted by atomic mass is 9.92. The Morgan fingerprint density at radius 3 is 2.88 bits per heavy atom. The highest BCUT2D eigenvalue weighted by atomic mass is 32.2. The Bertz CT molecular complexity index is 1180. The predicted octanol–water partition coefficient (Wildman–Crippen LogP) is 2.66. The van der Waals surface area contributed by atoms with Crippen molar-refractivity contribution in [3.63, 3.8) is 0 Å². The zero-order valence-corrected chi connectivity index (χ0v) is 19.8. The van der Waals surface area contributed by atoms with Crippen molar-refractivity contribution < 1.29 is 24.4 Å². The van der Waals surface area contributed by atoms with E-state index >= 15 is 0 Å². The largest absolute Gasteiger partial charge is 0.456 e. The molecule has 3 aliphatic heterocycles. The van der Waals surface area contributed by atoms with Gasteiger partial charge in [-0.25, -0.2) is 9.78 Å². The molecule has 1 N–H and O–H groups in total. The molecule has 0 saturated carbocycles. The van der Waals surface area contributed by atoms with Crippen LogP contribution in [0.2, 0.25) is 0 Å². The zero-order valence-electron chi connectivity index (χ0n) is 18.2. The van der Waals surface area contributed by atoms with Gasteiger partial charge in [0.2, 0.25) is 5.91 Å². The first kappa shape index (κ1) is 22.9. The number of non-ortho nitro benzene ring substituents is 1. The fourth-order valence-corrected chi connectivity index (χ4v) is 7.62. The molecule has 5 rings (SSSR count). The Morgan fingerprint density at radius 2 is 2.18 bits per heavy atom. The summed E-state index contributed by atoms with van der Waals surface area (Å²) in [4.78, 5) is 42.1. The molecule has 1 aromatic heterocycles. The number of rotatable bonds is 7. The summed E-state index contributed by atoms with van der Waals surface area (Å²) in [6, 6.07) is 5.77. The number of aromatic nitrogens is 2. The lowest BCUT2D eigenvalue weighted by Crippen LogP contribution is -2.60. The number of benzene rings is 1. The van der Waals surface area contributed by atoms with Crippen molar-refractivity contribution in [2.24, 2.45) is 5.92 Å². The molecule has 10 nitrogen and oxygen atoms in total. The van der Waals surface area contributed by atoms with Gasteiger partial charge in [-0.3, -0.25) is 19.8 Å². The van der Waals surface area contributed by atoms with Gasteiger partial charge in [0.15, 0.2) is 5.70 Å². The Morgan fingerprint density at radius 1 is 1.41 bits per heavy atom. The molecular formula is C22H22N4O6S2. The van der Waals surface area contributed by atoms with Gasteiger partial charge in [0.05, 0.1) is 21.2 Å². The molecule has 1 amide bonds. The highest BCUT2D eigenvalue weighted by molar-refractivity contribution is 8.23. The van der Waals surface area contributed by atoms with E-state index in [1.807, 2.05) is 6.20 Å². The van der Waals surface area contributed by atoms with E-state index in [-0.39, 0.29) is 34.5 Å². The van der Waals surface area contributed by atoms with Crippen LogP contribution in [-0.2, 0) is 33.9 Å². The minimum absolute atomic E-state index is 0.0463. The molecule has 0 bridgehead atoms. The molecule has 1 unspecified atom stereocenters. The van der Waals surface area contributed by atoms with Crippen molar-refractivity contribution >= 4 is 41.1 Å².